The number of rotatable bonds is 38. The third kappa shape index (κ3) is 38.0. The summed E-state index contributed by atoms with van der Waals surface area (Å²) < 4.78 is 54.5. The molecule has 10 nitrogen and oxygen atoms in total. The van der Waals surface area contributed by atoms with Gasteiger partial charge in [-0.25, -0.2) is 4.57 Å². The topological polar surface area (TPSA) is 111 Å². The van der Waals surface area contributed by atoms with E-state index in [4.69, 9.17) is 37.5 Å². The Bertz CT molecular complexity index is 526. The van der Waals surface area contributed by atoms with Crippen molar-refractivity contribution in [3.63, 3.8) is 0 Å². The molecule has 0 radical (unpaired) electrons. The van der Waals surface area contributed by atoms with Crippen LogP contribution >= 0.6 is 7.82 Å². The van der Waals surface area contributed by atoms with Crippen molar-refractivity contribution in [3.05, 3.63) is 0 Å². The van der Waals surface area contributed by atoms with Crippen molar-refractivity contribution in [2.24, 2.45) is 0 Å². The zero-order valence-electron chi connectivity index (χ0n) is 27.8. The summed E-state index contributed by atoms with van der Waals surface area (Å²) >= 11 is 0. The number of unbranched alkanes of at least 4 members (excludes halogenated alkanes) is 14. The molecule has 0 aliphatic carbocycles. The normalized spacial score (nSPS) is 12.0. The molecule has 0 aliphatic heterocycles. The minimum Gasteiger partial charge on any atom is -0.379 e. The van der Waals surface area contributed by atoms with E-state index in [0.717, 1.165) is 26.1 Å². The van der Waals surface area contributed by atoms with Gasteiger partial charge in [-0.1, -0.05) is 104 Å². The summed E-state index contributed by atoms with van der Waals surface area (Å²) in [6, 6.07) is 0. The predicted molar refractivity (Wildman–Crippen MR) is 172 cm³/mol. The van der Waals surface area contributed by atoms with Gasteiger partial charge in [-0.2, -0.15) is 0 Å². The van der Waals surface area contributed by atoms with Crippen LogP contribution in [-0.2, 0) is 42.0 Å². The number of hydrogen-bond acceptors (Lipinski definition) is 9. The molecule has 0 fully saturated rings. The van der Waals surface area contributed by atoms with E-state index in [9.17, 15) is 9.46 Å². The maximum Gasteiger partial charge on any atom is 0.472 e. The quantitative estimate of drug-likeness (QED) is 0.0537. The fraction of sp³-hybridized carbons (Fsp3) is 1.00. The van der Waals surface area contributed by atoms with Gasteiger partial charge in [0.25, 0.3) is 0 Å². The van der Waals surface area contributed by atoms with E-state index in [1.54, 1.807) is 0 Å². The molecule has 0 spiro atoms. The van der Waals surface area contributed by atoms with Crippen molar-refractivity contribution in [1.29, 1.82) is 0 Å². The molecule has 260 valence electrons. The van der Waals surface area contributed by atoms with Gasteiger partial charge in [0.2, 0.25) is 0 Å². The van der Waals surface area contributed by atoms with Crippen LogP contribution in [0.2, 0.25) is 0 Å². The van der Waals surface area contributed by atoms with Crippen molar-refractivity contribution in [2.45, 2.75) is 117 Å². The van der Waals surface area contributed by atoms with Crippen LogP contribution < -0.4 is 0 Å². The molecule has 0 rings (SSSR count). The molecule has 0 atom stereocenters. The molecule has 0 unspecified atom stereocenters. The molecule has 0 aromatic carbocycles. The summed E-state index contributed by atoms with van der Waals surface area (Å²) in [5.74, 6) is 0. The monoisotopic (exact) mass is 642 g/mol. The smallest absolute Gasteiger partial charge is 0.379 e. The van der Waals surface area contributed by atoms with Gasteiger partial charge in [0.15, 0.2) is 0 Å². The van der Waals surface area contributed by atoms with E-state index < -0.39 is 7.82 Å². The number of ether oxygens (including phenoxy) is 6. The van der Waals surface area contributed by atoms with Crippen molar-refractivity contribution in [1.82, 2.24) is 0 Å². The third-order valence-corrected chi connectivity index (χ3v) is 7.75. The Morgan fingerprint density at radius 3 is 0.884 bits per heavy atom. The van der Waals surface area contributed by atoms with Gasteiger partial charge >= 0.3 is 7.82 Å². The van der Waals surface area contributed by atoms with Crippen LogP contribution in [0.25, 0.3) is 0 Å². The molecule has 1 N–H and O–H groups in total. The highest BCUT2D eigenvalue weighted by Crippen LogP contribution is 2.42. The third-order valence-electron chi connectivity index (χ3n) is 6.74. The zero-order chi connectivity index (χ0) is 31.4. The first-order chi connectivity index (χ1) is 21.1. The largest absolute Gasteiger partial charge is 0.472 e. The van der Waals surface area contributed by atoms with Crippen LogP contribution in [0.4, 0.5) is 0 Å². The molecule has 0 bridgehead atoms. The molecule has 0 saturated heterocycles. The van der Waals surface area contributed by atoms with Crippen molar-refractivity contribution < 1.29 is 46.9 Å². The Balaban J connectivity index is 3.26. The first-order valence-electron chi connectivity index (χ1n) is 17.2. The van der Waals surface area contributed by atoms with Gasteiger partial charge in [0.05, 0.1) is 79.3 Å². The molecule has 0 aliphatic rings. The Hall–Kier alpha value is -0.130. The van der Waals surface area contributed by atoms with E-state index in [1.165, 1.54) is 89.9 Å². The fourth-order valence-corrected chi connectivity index (χ4v) is 4.91. The fourth-order valence-electron chi connectivity index (χ4n) is 4.22. The molecule has 0 saturated carbocycles. The van der Waals surface area contributed by atoms with E-state index in [-0.39, 0.29) is 26.4 Å². The van der Waals surface area contributed by atoms with E-state index in [0.29, 0.717) is 52.9 Å². The SMILES string of the molecule is CCCCCCCCCCOCCOCCOCCOP(=O)(O)OCCOCCOCCOCCCCCCCCCC. The Labute approximate surface area is 263 Å². The highest BCUT2D eigenvalue weighted by atomic mass is 31.2. The molecular weight excluding hydrogens is 575 g/mol. The average Bonchev–Trinajstić information content (AvgIpc) is 3.00. The minimum absolute atomic E-state index is 0.0503. The van der Waals surface area contributed by atoms with E-state index in [2.05, 4.69) is 13.8 Å². The number of phosphoric ester groups is 1. The lowest BCUT2D eigenvalue weighted by molar-refractivity contribution is 0.000937. The summed E-state index contributed by atoms with van der Waals surface area (Å²) in [6.45, 7) is 10.1. The number of phosphoric acid groups is 1. The standard InChI is InChI=1S/C32H67O10P/c1-3-5-7-9-11-13-15-17-19-35-21-23-37-25-27-39-29-31-41-43(33,34)42-32-30-40-28-26-38-24-22-36-20-18-16-14-12-10-8-6-4-2/h3-32H2,1-2H3,(H,33,34). The molecule has 0 heterocycles. The molecule has 0 amide bonds. The molecular formula is C32H67O10P. The average molecular weight is 643 g/mol. The van der Waals surface area contributed by atoms with Crippen LogP contribution in [0, 0.1) is 0 Å². The Morgan fingerprint density at radius 1 is 0.349 bits per heavy atom. The predicted octanol–water partition coefficient (Wildman–Crippen LogP) is 7.50. The highest BCUT2D eigenvalue weighted by Gasteiger charge is 2.20. The minimum atomic E-state index is -4.13. The van der Waals surface area contributed by atoms with Crippen LogP contribution in [0.5, 0.6) is 0 Å². The van der Waals surface area contributed by atoms with Gasteiger partial charge in [0, 0.05) is 13.2 Å². The van der Waals surface area contributed by atoms with Crippen LogP contribution in [0.15, 0.2) is 0 Å². The lowest BCUT2D eigenvalue weighted by atomic mass is 10.1. The van der Waals surface area contributed by atoms with Gasteiger partial charge in [0.1, 0.15) is 0 Å². The lowest BCUT2D eigenvalue weighted by Crippen LogP contribution is -2.13. The second-order valence-electron chi connectivity index (χ2n) is 10.8. The first kappa shape index (κ1) is 42.9. The van der Waals surface area contributed by atoms with Gasteiger partial charge < -0.3 is 33.3 Å². The van der Waals surface area contributed by atoms with Gasteiger partial charge in [-0.05, 0) is 12.8 Å². The van der Waals surface area contributed by atoms with Crippen LogP contribution in [-0.4, -0.2) is 97.4 Å². The maximum atomic E-state index is 11.9. The van der Waals surface area contributed by atoms with E-state index >= 15 is 0 Å². The van der Waals surface area contributed by atoms with Crippen LogP contribution in [0.1, 0.15) is 117 Å². The zero-order valence-corrected chi connectivity index (χ0v) is 28.7. The second kappa shape index (κ2) is 36.3. The summed E-state index contributed by atoms with van der Waals surface area (Å²) in [5.41, 5.74) is 0. The number of hydrogen-bond donors (Lipinski definition) is 1. The molecule has 0 aromatic rings. The first-order valence-corrected chi connectivity index (χ1v) is 18.7. The Kier molecular flexibility index (Phi) is 36.2. The summed E-state index contributed by atoms with van der Waals surface area (Å²) in [6.07, 6.45) is 20.7. The summed E-state index contributed by atoms with van der Waals surface area (Å²) in [4.78, 5) is 9.71. The van der Waals surface area contributed by atoms with Crippen LogP contribution in [0.3, 0.4) is 0 Å². The van der Waals surface area contributed by atoms with Crippen molar-refractivity contribution in [3.8, 4) is 0 Å². The maximum absolute atomic E-state index is 11.9. The highest BCUT2D eigenvalue weighted by molar-refractivity contribution is 7.47. The van der Waals surface area contributed by atoms with Gasteiger partial charge in [-0.15, -0.1) is 0 Å². The second-order valence-corrected chi connectivity index (χ2v) is 12.2. The Morgan fingerprint density at radius 2 is 0.581 bits per heavy atom. The molecule has 11 heteroatoms. The van der Waals surface area contributed by atoms with Crippen molar-refractivity contribution >= 4 is 7.82 Å². The van der Waals surface area contributed by atoms with E-state index in [1.807, 2.05) is 0 Å². The summed E-state index contributed by atoms with van der Waals surface area (Å²) in [7, 11) is -4.13. The summed E-state index contributed by atoms with van der Waals surface area (Å²) in [5, 5.41) is 0. The lowest BCUT2D eigenvalue weighted by Gasteiger charge is -2.12. The molecule has 43 heavy (non-hydrogen) atoms. The van der Waals surface area contributed by atoms with Gasteiger partial charge in [-0.3, -0.25) is 9.05 Å². The van der Waals surface area contributed by atoms with Crippen molar-refractivity contribution in [2.75, 3.05) is 92.5 Å². The molecule has 0 aromatic heterocycles.